The van der Waals surface area contributed by atoms with Crippen molar-refractivity contribution in [2.24, 2.45) is 7.05 Å². The molecule has 0 radical (unpaired) electrons. The molecule has 0 saturated carbocycles. The van der Waals surface area contributed by atoms with Crippen LogP contribution in [0.5, 0.6) is 11.5 Å². The molecular formula is C46H49N5O5. The summed E-state index contributed by atoms with van der Waals surface area (Å²) in [6.45, 7) is 6.11. The summed E-state index contributed by atoms with van der Waals surface area (Å²) in [6, 6.07) is 30.0. The summed E-state index contributed by atoms with van der Waals surface area (Å²) in [5.74, 6) is 0.364. The second kappa shape index (κ2) is 15.7. The van der Waals surface area contributed by atoms with Crippen LogP contribution in [0.25, 0.3) is 11.3 Å². The van der Waals surface area contributed by atoms with E-state index in [1.54, 1.807) is 53.2 Å². The van der Waals surface area contributed by atoms with E-state index in [0.29, 0.717) is 48.6 Å². The summed E-state index contributed by atoms with van der Waals surface area (Å²) in [5.41, 5.74) is 8.46. The number of likely N-dealkylation sites (tertiary alicyclic amines) is 1. The highest BCUT2D eigenvalue weighted by Crippen LogP contribution is 2.36. The quantitative estimate of drug-likeness (QED) is 0.184. The van der Waals surface area contributed by atoms with E-state index >= 15 is 4.79 Å². The molecule has 4 aromatic carbocycles. The van der Waals surface area contributed by atoms with Crippen molar-refractivity contribution < 1.29 is 24.2 Å². The van der Waals surface area contributed by atoms with Crippen LogP contribution in [0.2, 0.25) is 0 Å². The van der Waals surface area contributed by atoms with Crippen LogP contribution in [0.3, 0.4) is 0 Å². The normalized spacial score (nSPS) is 16.9. The molecule has 1 N–H and O–H groups in total. The molecule has 3 aliphatic rings. The van der Waals surface area contributed by atoms with Crippen molar-refractivity contribution in [1.29, 1.82) is 0 Å². The third-order valence-corrected chi connectivity index (χ3v) is 11.9. The van der Waals surface area contributed by atoms with Crippen LogP contribution in [0.1, 0.15) is 67.9 Å². The van der Waals surface area contributed by atoms with Crippen molar-refractivity contribution in [3.8, 4) is 22.8 Å². The van der Waals surface area contributed by atoms with Crippen molar-refractivity contribution in [1.82, 2.24) is 19.3 Å². The fraction of sp³-hybridized carbons (Fsp3) is 0.326. The number of benzene rings is 4. The lowest BCUT2D eigenvalue weighted by molar-refractivity contribution is 0.0566. The molecule has 5 aromatic rings. The summed E-state index contributed by atoms with van der Waals surface area (Å²) in [4.78, 5) is 50.6. The number of phenols is 1. The first-order valence-corrected chi connectivity index (χ1v) is 19.7. The van der Waals surface area contributed by atoms with Gasteiger partial charge in [0, 0.05) is 74.5 Å². The van der Waals surface area contributed by atoms with Crippen LogP contribution in [0.4, 0.5) is 10.5 Å². The predicted octanol–water partition coefficient (Wildman–Crippen LogP) is 7.59. The minimum absolute atomic E-state index is 0.0111. The zero-order chi connectivity index (χ0) is 38.9. The largest absolute Gasteiger partial charge is 0.508 e. The van der Waals surface area contributed by atoms with Gasteiger partial charge in [-0.15, -0.1) is 0 Å². The first-order chi connectivity index (χ1) is 27.1. The number of fused-ring (bicyclic) bond motifs is 2. The average molecular weight is 752 g/mol. The number of para-hydroxylation sites is 1. The molecule has 0 spiro atoms. The molecule has 3 amide bonds. The Kier molecular flexibility index (Phi) is 10.4. The maximum atomic E-state index is 15.4. The molecule has 1 saturated heterocycles. The number of anilines is 1. The van der Waals surface area contributed by atoms with Gasteiger partial charge in [0.25, 0.3) is 11.8 Å². The molecule has 1 fully saturated rings. The maximum absolute atomic E-state index is 15.4. The number of carbonyl (C=O) groups is 3. The molecule has 8 rings (SSSR count). The Morgan fingerprint density at radius 1 is 0.786 bits per heavy atom. The smallest absolute Gasteiger partial charge is 0.415 e. The van der Waals surface area contributed by atoms with Crippen LogP contribution < -0.4 is 9.64 Å². The number of nitrogens with zero attached hydrogens (tertiary/aromatic N) is 5. The van der Waals surface area contributed by atoms with Crippen molar-refractivity contribution in [2.75, 3.05) is 38.1 Å². The van der Waals surface area contributed by atoms with Crippen LogP contribution >= 0.6 is 0 Å². The lowest BCUT2D eigenvalue weighted by Gasteiger charge is -2.41. The third-order valence-electron chi connectivity index (χ3n) is 11.9. The third kappa shape index (κ3) is 7.41. The molecule has 10 heteroatoms. The highest BCUT2D eigenvalue weighted by molar-refractivity contribution is 6.08. The highest BCUT2D eigenvalue weighted by atomic mass is 16.6. The first-order valence-electron chi connectivity index (χ1n) is 19.7. The number of aromatic nitrogens is 1. The molecular weight excluding hydrogens is 703 g/mol. The Morgan fingerprint density at radius 2 is 1.50 bits per heavy atom. The van der Waals surface area contributed by atoms with Crippen molar-refractivity contribution in [3.63, 3.8) is 0 Å². The SMILES string of the molecule is Cc1c(C(=O)N(C)c2ccc(O)cc2)cc(-c2cc3c(cc2C(=O)N2Cc4ccccc4C[C@H]2CN2CCCCC2)CN(C(=O)Oc2ccccc2)CC3)n1C. The Balaban J connectivity index is 1.19. The van der Waals surface area contributed by atoms with E-state index in [0.717, 1.165) is 59.7 Å². The number of aromatic hydroxyl groups is 1. The van der Waals surface area contributed by atoms with Gasteiger partial charge in [-0.2, -0.15) is 0 Å². The molecule has 1 atom stereocenters. The Bertz CT molecular complexity index is 2260. The number of ether oxygens (including phenoxy) is 1. The van der Waals surface area contributed by atoms with E-state index in [2.05, 4.69) is 34.1 Å². The molecule has 4 heterocycles. The van der Waals surface area contributed by atoms with Crippen molar-refractivity contribution in [2.45, 2.75) is 58.2 Å². The fourth-order valence-electron chi connectivity index (χ4n) is 8.54. The predicted molar refractivity (Wildman–Crippen MR) is 217 cm³/mol. The van der Waals surface area contributed by atoms with Gasteiger partial charge >= 0.3 is 6.09 Å². The van der Waals surface area contributed by atoms with E-state index < -0.39 is 6.09 Å². The standard InChI is InChI=1S/C46H49N5O5/c1-31-40(44(53)48(3)36-16-18-38(52)19-17-36)27-43(47(31)2)41-25-33-20-23-50(46(55)56-39-14-6-4-7-15-39)28-35(33)26-42(41)45(54)51-29-34-13-9-8-12-32(34)24-37(51)30-49-21-10-5-11-22-49/h4,6-9,12-19,25-27,37,52H,5,10-11,20-24,28-30H2,1-3H3/t37-/m0/s1. The second-order valence-corrected chi connectivity index (χ2v) is 15.4. The molecule has 10 nitrogen and oxygen atoms in total. The van der Waals surface area contributed by atoms with Gasteiger partial charge in [-0.25, -0.2) is 4.79 Å². The summed E-state index contributed by atoms with van der Waals surface area (Å²) < 4.78 is 7.72. The lowest BCUT2D eigenvalue weighted by atomic mass is 9.89. The van der Waals surface area contributed by atoms with Crippen LogP contribution in [-0.4, -0.2) is 81.5 Å². The molecule has 3 aliphatic heterocycles. The summed E-state index contributed by atoms with van der Waals surface area (Å²) in [5, 5.41) is 9.84. The lowest BCUT2D eigenvalue weighted by Crippen LogP contribution is -2.51. The second-order valence-electron chi connectivity index (χ2n) is 15.4. The first kappa shape index (κ1) is 37.1. The number of amides is 3. The molecule has 288 valence electrons. The van der Waals surface area contributed by atoms with E-state index in [4.69, 9.17) is 4.74 Å². The molecule has 1 aromatic heterocycles. The Hall–Kier alpha value is -5.87. The van der Waals surface area contributed by atoms with Crippen molar-refractivity contribution >= 4 is 23.6 Å². The van der Waals surface area contributed by atoms with E-state index in [1.165, 1.54) is 24.8 Å². The molecule has 0 bridgehead atoms. The maximum Gasteiger partial charge on any atom is 0.415 e. The van der Waals surface area contributed by atoms with E-state index in [1.807, 2.05) is 54.9 Å². The zero-order valence-electron chi connectivity index (χ0n) is 32.4. The zero-order valence-corrected chi connectivity index (χ0v) is 32.4. The summed E-state index contributed by atoms with van der Waals surface area (Å²) in [6.07, 6.45) is 4.53. The minimum atomic E-state index is -0.424. The highest BCUT2D eigenvalue weighted by Gasteiger charge is 2.35. The van der Waals surface area contributed by atoms with Crippen LogP contribution in [0, 0.1) is 6.92 Å². The van der Waals surface area contributed by atoms with Crippen LogP contribution in [-0.2, 0) is 33.0 Å². The Labute approximate surface area is 328 Å². The number of hydrogen-bond acceptors (Lipinski definition) is 6. The van der Waals surface area contributed by atoms with Gasteiger partial charge in [-0.1, -0.05) is 48.9 Å². The number of piperidine rings is 1. The molecule has 0 aliphatic carbocycles. The van der Waals surface area contributed by atoms with Crippen molar-refractivity contribution in [3.05, 3.63) is 136 Å². The monoisotopic (exact) mass is 751 g/mol. The van der Waals surface area contributed by atoms with Gasteiger partial charge in [0.2, 0.25) is 0 Å². The molecule has 0 unspecified atom stereocenters. The van der Waals surface area contributed by atoms with Gasteiger partial charge in [0.15, 0.2) is 0 Å². The number of carbonyl (C=O) groups excluding carboxylic acids is 3. The summed E-state index contributed by atoms with van der Waals surface area (Å²) >= 11 is 0. The van der Waals surface area contributed by atoms with Gasteiger partial charge in [0.05, 0.1) is 5.56 Å². The number of phenolic OH excluding ortho intramolecular Hbond substituents is 1. The minimum Gasteiger partial charge on any atom is -0.508 e. The van der Waals surface area contributed by atoms with Crippen LogP contribution in [0.15, 0.2) is 97.1 Å². The average Bonchev–Trinajstić information content (AvgIpc) is 3.52. The fourth-order valence-corrected chi connectivity index (χ4v) is 8.54. The van der Waals surface area contributed by atoms with E-state index in [-0.39, 0.29) is 23.6 Å². The van der Waals surface area contributed by atoms with Gasteiger partial charge in [-0.05, 0) is 123 Å². The van der Waals surface area contributed by atoms with Gasteiger partial charge in [-0.3, -0.25) is 9.59 Å². The van der Waals surface area contributed by atoms with Gasteiger partial charge in [0.1, 0.15) is 11.5 Å². The topological polar surface area (TPSA) is 98.6 Å². The number of hydrogen-bond donors (Lipinski definition) is 1. The summed E-state index contributed by atoms with van der Waals surface area (Å²) in [7, 11) is 3.66. The van der Waals surface area contributed by atoms with E-state index in [9.17, 15) is 14.7 Å². The molecule has 56 heavy (non-hydrogen) atoms. The Morgan fingerprint density at radius 3 is 2.25 bits per heavy atom. The number of rotatable bonds is 7. The van der Waals surface area contributed by atoms with Gasteiger partial charge < -0.3 is 34.0 Å².